The van der Waals surface area contributed by atoms with Gasteiger partial charge in [0.2, 0.25) is 0 Å². The fraction of sp³-hybridized carbons (Fsp3) is 0.0833. The predicted octanol–water partition coefficient (Wildman–Crippen LogP) is 2.17. The van der Waals surface area contributed by atoms with Crippen molar-refractivity contribution in [2.45, 2.75) is 6.42 Å². The summed E-state index contributed by atoms with van der Waals surface area (Å²) in [5, 5.41) is 18.6. The Hall–Kier alpha value is -2.03. The maximum atomic E-state index is 11.8. The number of hydrogen-bond donors (Lipinski definition) is 2. The van der Waals surface area contributed by atoms with Gasteiger partial charge in [-0.1, -0.05) is 18.2 Å². The van der Waals surface area contributed by atoms with Crippen LogP contribution in [0.3, 0.4) is 0 Å². The second-order valence-corrected chi connectivity index (χ2v) is 3.35. The highest BCUT2D eigenvalue weighted by Gasteiger charge is 2.16. The first-order chi connectivity index (χ1) is 7.18. The molecule has 0 fully saturated rings. The van der Waals surface area contributed by atoms with Gasteiger partial charge in [-0.15, -0.1) is 0 Å². The standard InChI is InChI=1S/C12H10O3/c13-9-5-6-10(11(14)7-9)12(15)8-3-1-2-4-8/h1-3,5-7,13-14H,4H2. The van der Waals surface area contributed by atoms with Gasteiger partial charge in [-0.2, -0.15) is 0 Å². The third-order valence-corrected chi connectivity index (χ3v) is 2.29. The highest BCUT2D eigenvalue weighted by molar-refractivity contribution is 6.11. The summed E-state index contributed by atoms with van der Waals surface area (Å²) in [5.74, 6) is -0.437. The molecule has 15 heavy (non-hydrogen) atoms. The summed E-state index contributed by atoms with van der Waals surface area (Å²) in [5.41, 5.74) is 0.874. The van der Waals surface area contributed by atoms with Crippen LogP contribution < -0.4 is 0 Å². The zero-order valence-electron chi connectivity index (χ0n) is 7.97. The molecule has 0 radical (unpaired) electrons. The molecule has 0 atom stereocenters. The molecule has 0 amide bonds. The molecule has 3 heteroatoms. The summed E-state index contributed by atoms with van der Waals surface area (Å²) in [6.07, 6.45) is 6.02. The van der Waals surface area contributed by atoms with Gasteiger partial charge in [-0.25, -0.2) is 0 Å². The topological polar surface area (TPSA) is 57.5 Å². The molecule has 1 aromatic carbocycles. The van der Waals surface area contributed by atoms with Gasteiger partial charge in [0.05, 0.1) is 5.56 Å². The average molecular weight is 202 g/mol. The molecule has 0 bridgehead atoms. The molecule has 2 N–H and O–H groups in total. The smallest absolute Gasteiger partial charge is 0.193 e. The normalized spacial score (nSPS) is 14.0. The van der Waals surface area contributed by atoms with Crippen molar-refractivity contribution in [2.75, 3.05) is 0 Å². The Morgan fingerprint density at radius 3 is 2.67 bits per heavy atom. The molecule has 0 saturated heterocycles. The number of benzene rings is 1. The van der Waals surface area contributed by atoms with E-state index in [1.807, 2.05) is 12.2 Å². The van der Waals surface area contributed by atoms with Gasteiger partial charge in [0.1, 0.15) is 11.5 Å². The van der Waals surface area contributed by atoms with Crippen molar-refractivity contribution in [2.24, 2.45) is 0 Å². The largest absolute Gasteiger partial charge is 0.508 e. The maximum absolute atomic E-state index is 11.8. The van der Waals surface area contributed by atoms with E-state index in [0.29, 0.717) is 12.0 Å². The Balaban J connectivity index is 2.34. The summed E-state index contributed by atoms with van der Waals surface area (Å²) in [6, 6.07) is 3.97. The number of carbonyl (C=O) groups excluding carboxylic acids is 1. The number of phenols is 2. The minimum Gasteiger partial charge on any atom is -0.508 e. The van der Waals surface area contributed by atoms with Gasteiger partial charge in [0.15, 0.2) is 5.78 Å². The van der Waals surface area contributed by atoms with E-state index in [1.165, 1.54) is 12.1 Å². The quantitative estimate of drug-likeness (QED) is 0.722. The Kier molecular flexibility index (Phi) is 2.29. The zero-order chi connectivity index (χ0) is 10.8. The van der Waals surface area contributed by atoms with Crippen LogP contribution in [0.15, 0.2) is 42.0 Å². The van der Waals surface area contributed by atoms with Gasteiger partial charge in [0, 0.05) is 11.6 Å². The fourth-order valence-electron chi connectivity index (χ4n) is 1.50. The Labute approximate surface area is 87.0 Å². The molecular formula is C12H10O3. The minimum atomic E-state index is -0.197. The molecule has 0 unspecified atom stereocenters. The number of phenolic OH excluding ortho intramolecular Hbond substituents is 2. The van der Waals surface area contributed by atoms with Crippen LogP contribution >= 0.6 is 0 Å². The second-order valence-electron chi connectivity index (χ2n) is 3.35. The van der Waals surface area contributed by atoms with Crippen LogP contribution in [-0.4, -0.2) is 16.0 Å². The lowest BCUT2D eigenvalue weighted by Crippen LogP contribution is -2.01. The van der Waals surface area contributed by atoms with E-state index in [2.05, 4.69) is 0 Å². The van der Waals surface area contributed by atoms with Crippen LogP contribution in [0.1, 0.15) is 16.8 Å². The molecule has 1 aliphatic carbocycles. The summed E-state index contributed by atoms with van der Waals surface area (Å²) < 4.78 is 0. The van der Waals surface area contributed by atoms with Gasteiger partial charge in [-0.3, -0.25) is 4.79 Å². The second kappa shape index (κ2) is 3.61. The molecular weight excluding hydrogens is 192 g/mol. The van der Waals surface area contributed by atoms with E-state index < -0.39 is 0 Å². The van der Waals surface area contributed by atoms with Crippen molar-refractivity contribution in [3.63, 3.8) is 0 Å². The summed E-state index contributed by atoms with van der Waals surface area (Å²) in [4.78, 5) is 11.8. The van der Waals surface area contributed by atoms with Gasteiger partial charge in [-0.05, 0) is 18.6 Å². The molecule has 0 aliphatic heterocycles. The van der Waals surface area contributed by atoms with Crippen molar-refractivity contribution in [1.29, 1.82) is 0 Å². The molecule has 0 heterocycles. The van der Waals surface area contributed by atoms with E-state index >= 15 is 0 Å². The summed E-state index contributed by atoms with van der Waals surface area (Å²) >= 11 is 0. The van der Waals surface area contributed by atoms with Crippen molar-refractivity contribution in [3.8, 4) is 11.5 Å². The SMILES string of the molecule is O=C(C1=CC=CC1)c1ccc(O)cc1O. The van der Waals surface area contributed by atoms with Crippen molar-refractivity contribution in [3.05, 3.63) is 47.6 Å². The van der Waals surface area contributed by atoms with E-state index in [4.69, 9.17) is 5.11 Å². The molecule has 76 valence electrons. The molecule has 0 saturated carbocycles. The minimum absolute atomic E-state index is 0.0532. The third kappa shape index (κ3) is 1.76. The lowest BCUT2D eigenvalue weighted by Gasteiger charge is -2.04. The first-order valence-corrected chi connectivity index (χ1v) is 4.61. The molecule has 3 nitrogen and oxygen atoms in total. The zero-order valence-corrected chi connectivity index (χ0v) is 7.97. The lowest BCUT2D eigenvalue weighted by molar-refractivity contribution is 0.103. The average Bonchev–Trinajstić information content (AvgIpc) is 2.69. The van der Waals surface area contributed by atoms with Crippen molar-refractivity contribution >= 4 is 5.78 Å². The molecule has 2 rings (SSSR count). The lowest BCUT2D eigenvalue weighted by atomic mass is 10.0. The van der Waals surface area contributed by atoms with E-state index in [-0.39, 0.29) is 22.8 Å². The first kappa shape index (κ1) is 9.52. The molecule has 1 aromatic rings. The molecule has 1 aliphatic rings. The molecule has 0 spiro atoms. The van der Waals surface area contributed by atoms with Crippen molar-refractivity contribution < 1.29 is 15.0 Å². The summed E-state index contributed by atoms with van der Waals surface area (Å²) in [6.45, 7) is 0. The van der Waals surface area contributed by atoms with Gasteiger partial charge in [0.25, 0.3) is 0 Å². The van der Waals surface area contributed by atoms with E-state index in [0.717, 1.165) is 6.07 Å². The maximum Gasteiger partial charge on any atom is 0.193 e. The highest BCUT2D eigenvalue weighted by Crippen LogP contribution is 2.26. The number of carbonyl (C=O) groups is 1. The van der Waals surface area contributed by atoms with E-state index in [9.17, 15) is 9.90 Å². The van der Waals surface area contributed by atoms with Crippen LogP contribution in [0.5, 0.6) is 11.5 Å². The first-order valence-electron chi connectivity index (χ1n) is 4.61. The Morgan fingerprint density at radius 2 is 2.07 bits per heavy atom. The van der Waals surface area contributed by atoms with Crippen LogP contribution in [0, 0.1) is 0 Å². The number of rotatable bonds is 2. The van der Waals surface area contributed by atoms with Crippen LogP contribution in [-0.2, 0) is 0 Å². The fourth-order valence-corrected chi connectivity index (χ4v) is 1.50. The summed E-state index contributed by atoms with van der Waals surface area (Å²) in [7, 11) is 0. The van der Waals surface area contributed by atoms with Crippen molar-refractivity contribution in [1.82, 2.24) is 0 Å². The number of aromatic hydroxyl groups is 2. The van der Waals surface area contributed by atoms with Crippen LogP contribution in [0.4, 0.5) is 0 Å². The van der Waals surface area contributed by atoms with Gasteiger partial charge >= 0.3 is 0 Å². The molecule has 0 aromatic heterocycles. The van der Waals surface area contributed by atoms with Crippen LogP contribution in [0.2, 0.25) is 0 Å². The van der Waals surface area contributed by atoms with Gasteiger partial charge < -0.3 is 10.2 Å². The third-order valence-electron chi connectivity index (χ3n) is 2.29. The number of allylic oxidation sites excluding steroid dienone is 4. The number of hydrogen-bond acceptors (Lipinski definition) is 3. The number of ketones is 1. The van der Waals surface area contributed by atoms with E-state index in [1.54, 1.807) is 6.08 Å². The Morgan fingerprint density at radius 1 is 1.27 bits per heavy atom. The van der Waals surface area contributed by atoms with Crippen LogP contribution in [0.25, 0.3) is 0 Å². The highest BCUT2D eigenvalue weighted by atomic mass is 16.3. The monoisotopic (exact) mass is 202 g/mol. The number of Topliss-reactive ketones (excluding diaryl/α,β-unsaturated/α-hetero) is 1. The Bertz CT molecular complexity index is 470. The predicted molar refractivity (Wildman–Crippen MR) is 55.9 cm³/mol.